The maximum absolute atomic E-state index is 11.6. The molecule has 2 aromatic rings. The van der Waals surface area contributed by atoms with Crippen molar-refractivity contribution < 1.29 is 14.3 Å². The highest BCUT2D eigenvalue weighted by atomic mass is 16.6. The van der Waals surface area contributed by atoms with Gasteiger partial charge in [0, 0.05) is 0 Å². The molecule has 8 heteroatoms. The van der Waals surface area contributed by atoms with Gasteiger partial charge in [0.1, 0.15) is 24.5 Å². The average Bonchev–Trinajstić information content (AvgIpc) is 3.18. The minimum atomic E-state index is -1.14. The third-order valence-corrected chi connectivity index (χ3v) is 4.15. The molecule has 1 saturated heterocycles. The molecule has 0 unspecified atom stereocenters. The number of aromatic nitrogens is 3. The molecule has 24 heavy (non-hydrogen) atoms. The molecule has 2 atom stereocenters. The first-order valence-corrected chi connectivity index (χ1v) is 7.81. The molecule has 1 fully saturated rings. The van der Waals surface area contributed by atoms with Crippen LogP contribution in [0.3, 0.4) is 0 Å². The number of rotatable bonds is 4. The molecule has 3 rings (SSSR count). The van der Waals surface area contributed by atoms with Crippen LogP contribution in [0.25, 0.3) is 5.52 Å². The fourth-order valence-electron chi connectivity index (χ4n) is 2.81. The molecule has 1 aliphatic rings. The van der Waals surface area contributed by atoms with Crippen LogP contribution in [0.2, 0.25) is 0 Å². The fraction of sp³-hybridized carbons (Fsp3) is 0.500. The summed E-state index contributed by atoms with van der Waals surface area (Å²) >= 11 is 0. The van der Waals surface area contributed by atoms with Crippen molar-refractivity contribution in [2.45, 2.75) is 38.4 Å². The van der Waals surface area contributed by atoms with Crippen molar-refractivity contribution in [1.29, 1.82) is 5.26 Å². The minimum Gasteiger partial charge on any atom is -0.463 e. The summed E-state index contributed by atoms with van der Waals surface area (Å²) < 4.78 is 12.8. The zero-order chi connectivity index (χ0) is 17.3. The molecule has 0 spiro atoms. The van der Waals surface area contributed by atoms with E-state index < -0.39 is 5.60 Å². The number of esters is 1. The number of nitriles is 1. The first-order chi connectivity index (χ1) is 11.5. The third-order valence-electron chi connectivity index (χ3n) is 4.15. The van der Waals surface area contributed by atoms with Gasteiger partial charge in [-0.3, -0.25) is 4.79 Å². The number of nitrogen functional groups attached to an aromatic ring is 1. The standard InChI is InChI=1S/C16H19N5O3/c1-10(2)15(22)23-7-11-5-6-16(8-17,24-11)13-4-3-12-14(18)19-9-20-21(12)13/h3-4,9-11H,5-7H2,1-2H3,(H2,18,19,20)/t11-,16+/m1/s1. The Morgan fingerprint density at radius 1 is 1.62 bits per heavy atom. The van der Waals surface area contributed by atoms with Crippen molar-refractivity contribution in [3.63, 3.8) is 0 Å². The highest BCUT2D eigenvalue weighted by molar-refractivity contribution is 5.71. The summed E-state index contributed by atoms with van der Waals surface area (Å²) in [7, 11) is 0. The van der Waals surface area contributed by atoms with Crippen LogP contribution >= 0.6 is 0 Å². The molecule has 1 aliphatic heterocycles. The van der Waals surface area contributed by atoms with Crippen molar-refractivity contribution in [2.24, 2.45) is 5.92 Å². The Bertz CT molecular complexity index is 810. The van der Waals surface area contributed by atoms with Crippen LogP contribution in [0, 0.1) is 17.2 Å². The van der Waals surface area contributed by atoms with E-state index in [2.05, 4.69) is 16.2 Å². The molecule has 0 bridgehead atoms. The van der Waals surface area contributed by atoms with Gasteiger partial charge in [-0.15, -0.1) is 0 Å². The number of fused-ring (bicyclic) bond motifs is 1. The van der Waals surface area contributed by atoms with E-state index in [1.54, 1.807) is 30.5 Å². The molecular weight excluding hydrogens is 310 g/mol. The van der Waals surface area contributed by atoms with Gasteiger partial charge >= 0.3 is 5.97 Å². The van der Waals surface area contributed by atoms with Crippen LogP contribution in [0.4, 0.5) is 5.82 Å². The van der Waals surface area contributed by atoms with E-state index in [0.717, 1.165) is 0 Å². The molecule has 126 valence electrons. The van der Waals surface area contributed by atoms with Gasteiger partial charge in [0.15, 0.2) is 11.4 Å². The summed E-state index contributed by atoms with van der Waals surface area (Å²) in [6.07, 6.45) is 2.13. The number of ether oxygens (including phenoxy) is 2. The number of nitrogens with two attached hydrogens (primary N) is 1. The predicted molar refractivity (Wildman–Crippen MR) is 84.6 cm³/mol. The SMILES string of the molecule is CC(C)C(=O)OC[C@H]1CC[C@](C#N)(c2ccc3c(N)ncnn23)O1. The molecule has 8 nitrogen and oxygen atoms in total. The van der Waals surface area contributed by atoms with E-state index in [1.807, 2.05) is 0 Å². The number of nitrogens with zero attached hydrogens (tertiary/aromatic N) is 4. The van der Waals surface area contributed by atoms with Crippen molar-refractivity contribution in [2.75, 3.05) is 12.3 Å². The van der Waals surface area contributed by atoms with Gasteiger partial charge in [-0.05, 0) is 25.0 Å². The normalized spacial score (nSPS) is 23.5. The largest absolute Gasteiger partial charge is 0.463 e. The van der Waals surface area contributed by atoms with Crippen LogP contribution in [0.1, 0.15) is 32.4 Å². The Morgan fingerprint density at radius 3 is 3.12 bits per heavy atom. The molecule has 3 heterocycles. The van der Waals surface area contributed by atoms with Crippen LogP contribution in [-0.2, 0) is 19.9 Å². The lowest BCUT2D eigenvalue weighted by Gasteiger charge is -2.21. The van der Waals surface area contributed by atoms with Gasteiger partial charge in [0.25, 0.3) is 0 Å². The minimum absolute atomic E-state index is 0.140. The van der Waals surface area contributed by atoms with Crippen LogP contribution in [0.15, 0.2) is 18.5 Å². The van der Waals surface area contributed by atoms with E-state index >= 15 is 0 Å². The number of hydrogen-bond donors (Lipinski definition) is 1. The Kier molecular flexibility index (Phi) is 4.11. The summed E-state index contributed by atoms with van der Waals surface area (Å²) in [6, 6.07) is 5.78. The molecule has 0 aromatic carbocycles. The van der Waals surface area contributed by atoms with Crippen molar-refractivity contribution in [3.8, 4) is 6.07 Å². The number of carbonyl (C=O) groups excluding carboxylic acids is 1. The first kappa shape index (κ1) is 16.2. The van der Waals surface area contributed by atoms with Crippen LogP contribution < -0.4 is 5.73 Å². The van der Waals surface area contributed by atoms with Gasteiger partial charge in [-0.25, -0.2) is 9.50 Å². The molecule has 0 amide bonds. The van der Waals surface area contributed by atoms with Gasteiger partial charge in [-0.2, -0.15) is 10.4 Å². The predicted octanol–water partition coefficient (Wildman–Crippen LogP) is 1.41. The summed E-state index contributed by atoms with van der Waals surface area (Å²) in [6.45, 7) is 3.68. The highest BCUT2D eigenvalue weighted by Crippen LogP contribution is 2.39. The van der Waals surface area contributed by atoms with Gasteiger partial charge in [0.2, 0.25) is 0 Å². The monoisotopic (exact) mass is 329 g/mol. The van der Waals surface area contributed by atoms with E-state index in [1.165, 1.54) is 6.33 Å². The number of carbonyl (C=O) groups is 1. The number of anilines is 1. The Labute approximate surface area is 139 Å². The second-order valence-electron chi connectivity index (χ2n) is 6.16. The van der Waals surface area contributed by atoms with E-state index in [-0.39, 0.29) is 24.6 Å². The van der Waals surface area contributed by atoms with E-state index in [9.17, 15) is 10.1 Å². The molecule has 2 N–H and O–H groups in total. The first-order valence-electron chi connectivity index (χ1n) is 7.81. The van der Waals surface area contributed by atoms with Crippen LogP contribution in [0.5, 0.6) is 0 Å². The average molecular weight is 329 g/mol. The number of hydrogen-bond acceptors (Lipinski definition) is 7. The lowest BCUT2D eigenvalue weighted by Crippen LogP contribution is -2.29. The van der Waals surface area contributed by atoms with E-state index in [0.29, 0.717) is 29.9 Å². The second-order valence-corrected chi connectivity index (χ2v) is 6.16. The lowest BCUT2D eigenvalue weighted by atomic mass is 9.98. The zero-order valence-electron chi connectivity index (χ0n) is 13.6. The molecule has 0 radical (unpaired) electrons. The second kappa shape index (κ2) is 6.09. The van der Waals surface area contributed by atoms with Gasteiger partial charge in [0.05, 0.1) is 17.7 Å². The Balaban J connectivity index is 1.82. The smallest absolute Gasteiger partial charge is 0.308 e. The summed E-state index contributed by atoms with van der Waals surface area (Å²) in [4.78, 5) is 15.5. The van der Waals surface area contributed by atoms with E-state index in [4.69, 9.17) is 15.2 Å². The summed E-state index contributed by atoms with van der Waals surface area (Å²) in [5, 5.41) is 13.9. The Morgan fingerprint density at radius 2 is 2.42 bits per heavy atom. The molecule has 2 aromatic heterocycles. The van der Waals surface area contributed by atoms with Gasteiger partial charge < -0.3 is 15.2 Å². The lowest BCUT2D eigenvalue weighted by molar-refractivity contribution is -0.152. The maximum Gasteiger partial charge on any atom is 0.308 e. The quantitative estimate of drug-likeness (QED) is 0.843. The topological polar surface area (TPSA) is 116 Å². The summed E-state index contributed by atoms with van der Waals surface area (Å²) in [5.41, 5.74) is 5.93. The zero-order valence-corrected chi connectivity index (χ0v) is 13.6. The van der Waals surface area contributed by atoms with Gasteiger partial charge in [-0.1, -0.05) is 13.8 Å². The fourth-order valence-corrected chi connectivity index (χ4v) is 2.81. The molecule has 0 saturated carbocycles. The molecule has 0 aliphatic carbocycles. The highest BCUT2D eigenvalue weighted by Gasteiger charge is 2.45. The maximum atomic E-state index is 11.6. The van der Waals surface area contributed by atoms with Crippen LogP contribution in [-0.4, -0.2) is 33.3 Å². The Hall–Kier alpha value is -2.66. The summed E-state index contributed by atoms with van der Waals surface area (Å²) in [5.74, 6) is -0.132. The van der Waals surface area contributed by atoms with Crippen molar-refractivity contribution in [1.82, 2.24) is 14.6 Å². The van der Waals surface area contributed by atoms with Crippen molar-refractivity contribution >= 4 is 17.3 Å². The molecular formula is C16H19N5O3. The van der Waals surface area contributed by atoms with Crippen molar-refractivity contribution in [3.05, 3.63) is 24.2 Å². The third kappa shape index (κ3) is 2.67.